The topological polar surface area (TPSA) is 67.3 Å². The number of likely N-dealkylation sites (tertiary alicyclic amines) is 1. The summed E-state index contributed by atoms with van der Waals surface area (Å²) in [6.07, 6.45) is 6.94. The van der Waals surface area contributed by atoms with Crippen LogP contribution in [-0.2, 0) is 0 Å². The number of amides is 1. The number of hydrogen-bond acceptors (Lipinski definition) is 5. The first-order valence-electron chi connectivity index (χ1n) is 8.20. The molecule has 6 nitrogen and oxygen atoms in total. The number of aromatic nitrogens is 2. The van der Waals surface area contributed by atoms with Gasteiger partial charge >= 0.3 is 0 Å². The lowest BCUT2D eigenvalue weighted by atomic mass is 10.0. The Hall–Kier alpha value is -2.47. The van der Waals surface area contributed by atoms with Crippen molar-refractivity contribution >= 4 is 5.91 Å². The van der Waals surface area contributed by atoms with E-state index in [0.29, 0.717) is 12.2 Å². The third kappa shape index (κ3) is 3.89. The molecule has 0 saturated carbocycles. The summed E-state index contributed by atoms with van der Waals surface area (Å²) in [7, 11) is 1.67. The Morgan fingerprint density at radius 2 is 2.17 bits per heavy atom. The molecule has 0 bridgehead atoms. The zero-order chi connectivity index (χ0) is 16.8. The summed E-state index contributed by atoms with van der Waals surface area (Å²) in [5.74, 6) is 0.632. The summed E-state index contributed by atoms with van der Waals surface area (Å²) in [5.41, 5.74) is 1.49. The highest BCUT2D eigenvalue weighted by molar-refractivity contribution is 5.91. The van der Waals surface area contributed by atoms with Gasteiger partial charge in [0.05, 0.1) is 19.3 Å². The van der Waals surface area contributed by atoms with Gasteiger partial charge in [0.2, 0.25) is 0 Å². The van der Waals surface area contributed by atoms with E-state index < -0.39 is 0 Å². The summed E-state index contributed by atoms with van der Waals surface area (Å²) in [5, 5.41) is 2.99. The third-order valence-corrected chi connectivity index (χ3v) is 4.31. The number of hydrogen-bond donors (Lipinski definition) is 1. The lowest BCUT2D eigenvalue weighted by Gasteiger charge is -2.28. The molecule has 1 aliphatic heterocycles. The molecule has 126 valence electrons. The molecule has 1 saturated heterocycles. The number of nitrogens with one attached hydrogen (secondary N) is 1. The number of rotatable bonds is 6. The second kappa shape index (κ2) is 7.88. The number of nitrogens with zero attached hydrogens (tertiary/aromatic N) is 3. The molecule has 1 aromatic heterocycles. The van der Waals surface area contributed by atoms with Crippen molar-refractivity contribution in [2.75, 3.05) is 26.7 Å². The van der Waals surface area contributed by atoms with Crippen molar-refractivity contribution in [2.45, 2.75) is 18.9 Å². The zero-order valence-corrected chi connectivity index (χ0v) is 13.8. The summed E-state index contributed by atoms with van der Waals surface area (Å²) >= 11 is 0. The van der Waals surface area contributed by atoms with Crippen LogP contribution in [0.1, 0.15) is 34.9 Å². The van der Waals surface area contributed by atoms with E-state index in [1.54, 1.807) is 13.3 Å². The first kappa shape index (κ1) is 16.4. The highest BCUT2D eigenvalue weighted by atomic mass is 16.5. The maximum Gasteiger partial charge on any atom is 0.271 e. The van der Waals surface area contributed by atoms with Crippen LogP contribution >= 0.6 is 0 Å². The number of benzene rings is 1. The molecule has 0 spiro atoms. The fraction of sp³-hybridized carbons (Fsp3) is 0.389. The van der Waals surface area contributed by atoms with E-state index in [0.717, 1.165) is 24.4 Å². The van der Waals surface area contributed by atoms with Gasteiger partial charge in [0, 0.05) is 18.9 Å². The number of carbonyl (C=O) groups excluding carboxylic acids is 1. The van der Waals surface area contributed by atoms with Gasteiger partial charge < -0.3 is 10.1 Å². The van der Waals surface area contributed by atoms with Crippen LogP contribution in [0.5, 0.6) is 5.75 Å². The molecule has 1 amide bonds. The minimum Gasteiger partial charge on any atom is -0.497 e. The summed E-state index contributed by atoms with van der Waals surface area (Å²) in [4.78, 5) is 22.7. The van der Waals surface area contributed by atoms with Crippen LogP contribution in [0.4, 0.5) is 0 Å². The average molecular weight is 326 g/mol. The van der Waals surface area contributed by atoms with E-state index in [1.165, 1.54) is 25.2 Å². The lowest BCUT2D eigenvalue weighted by Crippen LogP contribution is -2.37. The van der Waals surface area contributed by atoms with Crippen molar-refractivity contribution < 1.29 is 9.53 Å². The van der Waals surface area contributed by atoms with Crippen LogP contribution in [0.2, 0.25) is 0 Å². The molecule has 1 N–H and O–H groups in total. The molecular weight excluding hydrogens is 304 g/mol. The van der Waals surface area contributed by atoms with Crippen LogP contribution in [0, 0.1) is 0 Å². The molecule has 1 fully saturated rings. The molecule has 2 aromatic rings. The smallest absolute Gasteiger partial charge is 0.271 e. The van der Waals surface area contributed by atoms with Gasteiger partial charge in [-0.3, -0.25) is 14.7 Å². The first-order valence-corrected chi connectivity index (χ1v) is 8.20. The first-order chi connectivity index (χ1) is 11.8. The van der Waals surface area contributed by atoms with Gasteiger partial charge in [0.15, 0.2) is 0 Å². The molecule has 1 aromatic carbocycles. The molecule has 1 unspecified atom stereocenters. The van der Waals surface area contributed by atoms with Gasteiger partial charge in [-0.05, 0) is 43.6 Å². The molecule has 3 rings (SSSR count). The van der Waals surface area contributed by atoms with Crippen LogP contribution < -0.4 is 10.1 Å². The third-order valence-electron chi connectivity index (χ3n) is 4.31. The SMILES string of the molecule is COc1cccc(C(CNC(=O)c2cnccn2)N2CCCC2)c1. The molecule has 0 aliphatic carbocycles. The van der Waals surface area contributed by atoms with Crippen LogP contribution in [-0.4, -0.2) is 47.5 Å². The van der Waals surface area contributed by atoms with Gasteiger partial charge in [0.1, 0.15) is 11.4 Å². The quantitative estimate of drug-likeness (QED) is 0.880. The average Bonchev–Trinajstić information content (AvgIpc) is 3.17. The summed E-state index contributed by atoms with van der Waals surface area (Å²) < 4.78 is 5.34. The molecule has 0 radical (unpaired) electrons. The van der Waals surface area contributed by atoms with Gasteiger partial charge in [-0.1, -0.05) is 12.1 Å². The van der Waals surface area contributed by atoms with Gasteiger partial charge in [0.25, 0.3) is 5.91 Å². The Balaban J connectivity index is 1.74. The maximum atomic E-state index is 12.3. The number of carbonyl (C=O) groups is 1. The monoisotopic (exact) mass is 326 g/mol. The summed E-state index contributed by atoms with van der Waals surface area (Å²) in [6.45, 7) is 2.62. The Kier molecular flexibility index (Phi) is 5.38. The van der Waals surface area contributed by atoms with Crippen LogP contribution in [0.15, 0.2) is 42.9 Å². The van der Waals surface area contributed by atoms with Crippen molar-refractivity contribution in [1.82, 2.24) is 20.2 Å². The van der Waals surface area contributed by atoms with Gasteiger partial charge in [-0.2, -0.15) is 0 Å². The van der Waals surface area contributed by atoms with E-state index in [4.69, 9.17) is 4.74 Å². The molecular formula is C18H22N4O2. The van der Waals surface area contributed by atoms with Gasteiger partial charge in [-0.25, -0.2) is 4.98 Å². The molecule has 1 atom stereocenters. The minimum atomic E-state index is -0.199. The van der Waals surface area contributed by atoms with Crippen molar-refractivity contribution in [1.29, 1.82) is 0 Å². The lowest BCUT2D eigenvalue weighted by molar-refractivity contribution is 0.0932. The highest BCUT2D eigenvalue weighted by Crippen LogP contribution is 2.27. The van der Waals surface area contributed by atoms with Crippen molar-refractivity contribution in [3.05, 3.63) is 54.1 Å². The number of ether oxygens (including phenoxy) is 1. The fourth-order valence-electron chi connectivity index (χ4n) is 3.06. The van der Waals surface area contributed by atoms with E-state index in [1.807, 2.05) is 18.2 Å². The minimum absolute atomic E-state index is 0.128. The second-order valence-corrected chi connectivity index (χ2v) is 5.84. The van der Waals surface area contributed by atoms with Crippen LogP contribution in [0.3, 0.4) is 0 Å². The zero-order valence-electron chi connectivity index (χ0n) is 13.8. The van der Waals surface area contributed by atoms with E-state index >= 15 is 0 Å². The number of methoxy groups -OCH3 is 1. The van der Waals surface area contributed by atoms with E-state index in [-0.39, 0.29) is 11.9 Å². The standard InChI is InChI=1S/C18H22N4O2/c1-24-15-6-4-5-14(11-15)17(22-9-2-3-10-22)13-21-18(23)16-12-19-7-8-20-16/h4-8,11-12,17H,2-3,9-10,13H2,1H3,(H,21,23). The van der Waals surface area contributed by atoms with Crippen molar-refractivity contribution in [3.63, 3.8) is 0 Å². The van der Waals surface area contributed by atoms with Crippen molar-refractivity contribution in [3.8, 4) is 5.75 Å². The highest BCUT2D eigenvalue weighted by Gasteiger charge is 2.24. The Bertz CT molecular complexity index is 672. The predicted molar refractivity (Wildman–Crippen MR) is 90.9 cm³/mol. The molecule has 2 heterocycles. The Labute approximate surface area is 141 Å². The van der Waals surface area contributed by atoms with Crippen molar-refractivity contribution in [2.24, 2.45) is 0 Å². The normalized spacial score (nSPS) is 15.9. The molecule has 6 heteroatoms. The summed E-state index contributed by atoms with van der Waals surface area (Å²) in [6, 6.07) is 8.17. The fourth-order valence-corrected chi connectivity index (χ4v) is 3.06. The second-order valence-electron chi connectivity index (χ2n) is 5.84. The largest absolute Gasteiger partial charge is 0.497 e. The van der Waals surface area contributed by atoms with E-state index in [9.17, 15) is 4.79 Å². The van der Waals surface area contributed by atoms with Crippen LogP contribution in [0.25, 0.3) is 0 Å². The predicted octanol–water partition coefficient (Wildman–Crippen LogP) is 2.05. The Morgan fingerprint density at radius 3 is 2.88 bits per heavy atom. The Morgan fingerprint density at radius 1 is 1.33 bits per heavy atom. The van der Waals surface area contributed by atoms with Gasteiger partial charge in [-0.15, -0.1) is 0 Å². The maximum absolute atomic E-state index is 12.3. The molecule has 1 aliphatic rings. The van der Waals surface area contributed by atoms with E-state index in [2.05, 4.69) is 26.3 Å². The molecule has 24 heavy (non-hydrogen) atoms.